The fraction of sp³-hybridized carbons (Fsp3) is 0.632. The Hall–Kier alpha value is -1.15. The Morgan fingerprint density at radius 2 is 1.81 bits per heavy atom. The minimum Gasteiger partial charge on any atom is -0.338 e. The van der Waals surface area contributed by atoms with Crippen molar-refractivity contribution in [1.82, 2.24) is 9.21 Å². The summed E-state index contributed by atoms with van der Waals surface area (Å²) in [4.78, 5) is 14.9. The van der Waals surface area contributed by atoms with Gasteiger partial charge in [0.15, 0.2) is 0 Å². The Labute approximate surface area is 168 Å². The summed E-state index contributed by atoms with van der Waals surface area (Å²) >= 11 is 0. The molecule has 2 N–H and O–H groups in total. The normalized spacial score (nSPS) is 23.5. The summed E-state index contributed by atoms with van der Waals surface area (Å²) in [6.07, 6.45) is 3.60. The van der Waals surface area contributed by atoms with E-state index in [4.69, 9.17) is 5.73 Å². The molecule has 2 aliphatic rings. The number of benzene rings is 1. The molecule has 0 aromatic heterocycles. The molecule has 2 heterocycles. The van der Waals surface area contributed by atoms with E-state index in [2.05, 4.69) is 13.8 Å². The Morgan fingerprint density at radius 3 is 2.44 bits per heavy atom. The standard InChI is InChI=1S/C19H29N3O3S.ClH/c1-19(2)14-21(12-9-17(19)20)18(23)15-7-6-8-16(13-15)26(24,25)22-10-4-3-5-11-22;/h6-8,13,17H,3-5,9-12,14,20H2,1-2H3;1H. The van der Waals surface area contributed by atoms with Gasteiger partial charge in [-0.1, -0.05) is 26.3 Å². The molecule has 1 amide bonds. The average molecular weight is 416 g/mol. The Kier molecular flexibility index (Phi) is 6.95. The van der Waals surface area contributed by atoms with Gasteiger partial charge < -0.3 is 10.6 Å². The second-order valence-corrected chi connectivity index (χ2v) is 10.0. The largest absolute Gasteiger partial charge is 0.338 e. The molecule has 2 fully saturated rings. The third-order valence-electron chi connectivity index (χ3n) is 5.63. The van der Waals surface area contributed by atoms with Crippen LogP contribution in [0.25, 0.3) is 0 Å². The van der Waals surface area contributed by atoms with Crippen LogP contribution in [0.15, 0.2) is 29.2 Å². The number of hydrogen-bond acceptors (Lipinski definition) is 4. The van der Waals surface area contributed by atoms with E-state index in [-0.39, 0.29) is 34.7 Å². The van der Waals surface area contributed by atoms with Crippen molar-refractivity contribution in [3.8, 4) is 0 Å². The van der Waals surface area contributed by atoms with Crippen LogP contribution in [0.1, 0.15) is 49.9 Å². The van der Waals surface area contributed by atoms with Crippen molar-refractivity contribution in [1.29, 1.82) is 0 Å². The zero-order chi connectivity index (χ0) is 18.9. The lowest BCUT2D eigenvalue weighted by Crippen LogP contribution is -2.54. The summed E-state index contributed by atoms with van der Waals surface area (Å²) in [7, 11) is -3.54. The van der Waals surface area contributed by atoms with Crippen LogP contribution in [0.3, 0.4) is 0 Å². The second kappa shape index (κ2) is 8.47. The molecular formula is C19H30ClN3O3S. The van der Waals surface area contributed by atoms with Crippen molar-refractivity contribution in [3.63, 3.8) is 0 Å². The number of sulfonamides is 1. The van der Waals surface area contributed by atoms with E-state index >= 15 is 0 Å². The molecule has 1 aromatic rings. The van der Waals surface area contributed by atoms with Gasteiger partial charge in [0.25, 0.3) is 5.91 Å². The molecule has 1 atom stereocenters. The minimum absolute atomic E-state index is 0. The maximum absolute atomic E-state index is 12.9. The predicted molar refractivity (Wildman–Crippen MR) is 109 cm³/mol. The van der Waals surface area contributed by atoms with Gasteiger partial charge >= 0.3 is 0 Å². The number of nitrogens with two attached hydrogens (primary N) is 1. The molecule has 6 nitrogen and oxygen atoms in total. The van der Waals surface area contributed by atoms with E-state index in [9.17, 15) is 13.2 Å². The van der Waals surface area contributed by atoms with E-state index in [0.29, 0.717) is 31.7 Å². The molecule has 0 bridgehead atoms. The number of amides is 1. The highest BCUT2D eigenvalue weighted by atomic mass is 35.5. The first-order chi connectivity index (χ1) is 12.2. The molecule has 0 saturated carbocycles. The number of piperidine rings is 2. The summed E-state index contributed by atoms with van der Waals surface area (Å²) < 4.78 is 27.3. The first kappa shape index (κ1) is 22.1. The van der Waals surface area contributed by atoms with Gasteiger partial charge in [0, 0.05) is 37.8 Å². The fourth-order valence-electron chi connectivity index (χ4n) is 3.77. The monoisotopic (exact) mass is 415 g/mol. The van der Waals surface area contributed by atoms with Crippen molar-refractivity contribution in [3.05, 3.63) is 29.8 Å². The van der Waals surface area contributed by atoms with Crippen molar-refractivity contribution in [2.45, 2.75) is 50.5 Å². The molecule has 0 spiro atoms. The molecule has 152 valence electrons. The molecule has 3 rings (SSSR count). The van der Waals surface area contributed by atoms with Gasteiger partial charge in [0.2, 0.25) is 10.0 Å². The highest BCUT2D eigenvalue weighted by molar-refractivity contribution is 7.89. The van der Waals surface area contributed by atoms with Crippen LogP contribution >= 0.6 is 12.4 Å². The van der Waals surface area contributed by atoms with Gasteiger partial charge in [-0.3, -0.25) is 4.79 Å². The van der Waals surface area contributed by atoms with Gasteiger partial charge in [-0.15, -0.1) is 12.4 Å². The topological polar surface area (TPSA) is 83.7 Å². The predicted octanol–water partition coefficient (Wildman–Crippen LogP) is 2.48. The number of carbonyl (C=O) groups is 1. The minimum atomic E-state index is -3.54. The maximum Gasteiger partial charge on any atom is 0.253 e. The smallest absolute Gasteiger partial charge is 0.253 e. The summed E-state index contributed by atoms with van der Waals surface area (Å²) in [6, 6.07) is 6.52. The summed E-state index contributed by atoms with van der Waals surface area (Å²) in [5.74, 6) is -0.124. The van der Waals surface area contributed by atoms with E-state index in [1.807, 2.05) is 0 Å². The fourth-order valence-corrected chi connectivity index (χ4v) is 5.34. The SMILES string of the molecule is CC1(C)CN(C(=O)c2cccc(S(=O)(=O)N3CCCCC3)c2)CCC1N.Cl. The lowest BCUT2D eigenvalue weighted by Gasteiger charge is -2.42. The number of halogens is 1. The molecule has 0 aliphatic carbocycles. The third-order valence-corrected chi connectivity index (χ3v) is 7.53. The van der Waals surface area contributed by atoms with Gasteiger partial charge in [0.05, 0.1) is 4.90 Å². The van der Waals surface area contributed by atoms with Gasteiger partial charge in [0.1, 0.15) is 0 Å². The maximum atomic E-state index is 12.9. The lowest BCUT2D eigenvalue weighted by molar-refractivity contribution is 0.0532. The van der Waals surface area contributed by atoms with Crippen LogP contribution in [-0.2, 0) is 10.0 Å². The first-order valence-electron chi connectivity index (χ1n) is 9.37. The number of hydrogen-bond donors (Lipinski definition) is 1. The molecule has 1 aromatic carbocycles. The number of nitrogens with zero attached hydrogens (tertiary/aromatic N) is 2. The van der Waals surface area contributed by atoms with Crippen LogP contribution in [-0.4, -0.2) is 55.8 Å². The van der Waals surface area contributed by atoms with Crippen molar-refractivity contribution in [2.75, 3.05) is 26.2 Å². The Balaban J connectivity index is 0.00000261. The van der Waals surface area contributed by atoms with Crippen molar-refractivity contribution >= 4 is 28.3 Å². The zero-order valence-electron chi connectivity index (χ0n) is 16.1. The van der Waals surface area contributed by atoms with E-state index in [0.717, 1.165) is 25.7 Å². The summed E-state index contributed by atoms with van der Waals surface area (Å²) in [5.41, 5.74) is 6.43. The van der Waals surface area contributed by atoms with E-state index < -0.39 is 10.0 Å². The number of rotatable bonds is 3. The quantitative estimate of drug-likeness (QED) is 0.821. The van der Waals surface area contributed by atoms with Crippen LogP contribution in [0.5, 0.6) is 0 Å². The Bertz CT molecular complexity index is 776. The molecule has 1 unspecified atom stereocenters. The molecule has 27 heavy (non-hydrogen) atoms. The zero-order valence-corrected chi connectivity index (χ0v) is 17.7. The van der Waals surface area contributed by atoms with Gasteiger partial charge in [-0.05, 0) is 42.9 Å². The highest BCUT2D eigenvalue weighted by Gasteiger charge is 2.36. The van der Waals surface area contributed by atoms with Crippen molar-refractivity contribution < 1.29 is 13.2 Å². The van der Waals surface area contributed by atoms with Crippen LogP contribution < -0.4 is 5.73 Å². The summed E-state index contributed by atoms with van der Waals surface area (Å²) in [5, 5.41) is 0. The molecule has 2 aliphatic heterocycles. The molecular weight excluding hydrogens is 386 g/mol. The third kappa shape index (κ3) is 4.65. The molecule has 0 radical (unpaired) electrons. The molecule has 2 saturated heterocycles. The van der Waals surface area contributed by atoms with E-state index in [1.165, 1.54) is 10.4 Å². The van der Waals surface area contributed by atoms with Crippen molar-refractivity contribution in [2.24, 2.45) is 11.1 Å². The Morgan fingerprint density at radius 1 is 1.15 bits per heavy atom. The second-order valence-electron chi connectivity index (χ2n) is 8.10. The number of likely N-dealkylation sites (tertiary alicyclic amines) is 1. The first-order valence-corrected chi connectivity index (χ1v) is 10.8. The van der Waals surface area contributed by atoms with E-state index in [1.54, 1.807) is 23.1 Å². The number of carbonyl (C=O) groups excluding carboxylic acids is 1. The average Bonchev–Trinajstić information content (AvgIpc) is 2.64. The highest BCUT2D eigenvalue weighted by Crippen LogP contribution is 2.29. The lowest BCUT2D eigenvalue weighted by atomic mass is 9.79. The van der Waals surface area contributed by atoms with Crippen LogP contribution in [0, 0.1) is 5.41 Å². The summed E-state index contributed by atoms with van der Waals surface area (Å²) in [6.45, 7) is 6.42. The van der Waals surface area contributed by atoms with Crippen LogP contribution in [0.2, 0.25) is 0 Å². The van der Waals surface area contributed by atoms with Gasteiger partial charge in [-0.2, -0.15) is 4.31 Å². The molecule has 8 heteroatoms. The van der Waals surface area contributed by atoms with Crippen LogP contribution in [0.4, 0.5) is 0 Å². The van der Waals surface area contributed by atoms with Gasteiger partial charge in [-0.25, -0.2) is 8.42 Å².